The minimum Gasteiger partial charge on any atom is -0.481 e. The summed E-state index contributed by atoms with van der Waals surface area (Å²) in [6, 6.07) is 8.73. The van der Waals surface area contributed by atoms with E-state index in [1.165, 1.54) is 11.8 Å². The summed E-state index contributed by atoms with van der Waals surface area (Å²) in [5.74, 6) is -0.866. The number of rotatable bonds is 7. The lowest BCUT2D eigenvalue weighted by Crippen LogP contribution is -2.39. The van der Waals surface area contributed by atoms with Crippen LogP contribution in [0.1, 0.15) is 30.6 Å². The van der Waals surface area contributed by atoms with Gasteiger partial charge in [-0.2, -0.15) is 5.26 Å². The van der Waals surface area contributed by atoms with Crippen molar-refractivity contribution >= 4 is 23.6 Å². The fourth-order valence-corrected chi connectivity index (χ4v) is 2.76. The number of amides is 1. The van der Waals surface area contributed by atoms with Crippen molar-refractivity contribution in [3.05, 3.63) is 29.8 Å². The first kappa shape index (κ1) is 17.1. The van der Waals surface area contributed by atoms with Gasteiger partial charge in [0.2, 0.25) is 0 Å². The van der Waals surface area contributed by atoms with E-state index in [1.54, 1.807) is 30.0 Å². The Bertz CT molecular complexity index is 554. The van der Waals surface area contributed by atoms with Gasteiger partial charge in [0.25, 0.3) is 5.91 Å². The second-order valence-corrected chi connectivity index (χ2v) is 5.50. The second-order valence-electron chi connectivity index (χ2n) is 4.48. The molecule has 1 unspecified atom stereocenters. The Morgan fingerprint density at radius 1 is 1.43 bits per heavy atom. The van der Waals surface area contributed by atoms with E-state index in [2.05, 4.69) is 0 Å². The van der Waals surface area contributed by atoms with E-state index in [0.29, 0.717) is 12.1 Å². The summed E-state index contributed by atoms with van der Waals surface area (Å²) < 4.78 is 0. The minimum absolute atomic E-state index is 0.0902. The second kappa shape index (κ2) is 8.32. The predicted octanol–water partition coefficient (Wildman–Crippen LogP) is 2.63. The molecule has 0 spiro atoms. The number of hydrogen-bond donors (Lipinski definition) is 1. The van der Waals surface area contributed by atoms with Crippen LogP contribution in [0.3, 0.4) is 0 Å². The highest BCUT2D eigenvalue weighted by Gasteiger charge is 2.23. The lowest BCUT2D eigenvalue weighted by Gasteiger charge is -2.27. The van der Waals surface area contributed by atoms with Crippen molar-refractivity contribution < 1.29 is 14.7 Å². The Morgan fingerprint density at radius 2 is 2.10 bits per heavy atom. The monoisotopic (exact) mass is 306 g/mol. The number of aliphatic carboxylic acids is 1. The summed E-state index contributed by atoms with van der Waals surface area (Å²) in [6.07, 6.45) is -0.0902. The third kappa shape index (κ3) is 4.80. The Kier molecular flexibility index (Phi) is 6.76. The van der Waals surface area contributed by atoms with Gasteiger partial charge in [0, 0.05) is 17.5 Å². The maximum absolute atomic E-state index is 12.6. The Labute approximate surface area is 128 Å². The predicted molar refractivity (Wildman–Crippen MR) is 81.2 cm³/mol. The summed E-state index contributed by atoms with van der Waals surface area (Å²) in [4.78, 5) is 25.7. The maximum atomic E-state index is 12.6. The fraction of sp³-hybridized carbons (Fsp3) is 0.400. The summed E-state index contributed by atoms with van der Waals surface area (Å²) >= 11 is 1.30. The van der Waals surface area contributed by atoms with Gasteiger partial charge in [-0.15, -0.1) is 11.8 Å². The molecule has 6 heteroatoms. The molecule has 0 saturated heterocycles. The van der Waals surface area contributed by atoms with Gasteiger partial charge in [0.1, 0.15) is 0 Å². The molecule has 0 bridgehead atoms. The first-order valence-electron chi connectivity index (χ1n) is 6.62. The van der Waals surface area contributed by atoms with Crippen LogP contribution in [0.25, 0.3) is 0 Å². The van der Waals surface area contributed by atoms with E-state index < -0.39 is 5.97 Å². The van der Waals surface area contributed by atoms with Crippen LogP contribution in [-0.2, 0) is 4.79 Å². The zero-order valence-electron chi connectivity index (χ0n) is 12.1. The normalized spacial score (nSPS) is 11.5. The van der Waals surface area contributed by atoms with Crippen LogP contribution in [-0.4, -0.2) is 40.2 Å². The molecule has 1 atom stereocenters. The number of thioether (sulfide) groups is 1. The van der Waals surface area contributed by atoms with Gasteiger partial charge < -0.3 is 10.0 Å². The van der Waals surface area contributed by atoms with Gasteiger partial charge in [-0.25, -0.2) is 0 Å². The molecule has 1 aromatic rings. The standard InChI is InChI=1S/C15H18N2O3S/c1-3-17(11(2)10-14(18)19)15(20)12-6-4-5-7-13(12)21-9-8-16/h4-7,11H,3,9-10H2,1-2H3,(H,18,19). The van der Waals surface area contributed by atoms with Gasteiger partial charge >= 0.3 is 5.97 Å². The molecule has 0 aliphatic heterocycles. The number of nitrogens with zero attached hydrogens (tertiary/aromatic N) is 2. The summed E-state index contributed by atoms with van der Waals surface area (Å²) in [7, 11) is 0. The van der Waals surface area contributed by atoms with Gasteiger partial charge in [0.05, 0.1) is 23.8 Å². The molecule has 0 fully saturated rings. The molecule has 0 aliphatic carbocycles. The molecule has 1 N–H and O–H groups in total. The fourth-order valence-electron chi connectivity index (χ4n) is 2.05. The van der Waals surface area contributed by atoms with Crippen LogP contribution in [0.15, 0.2) is 29.2 Å². The molecular formula is C15H18N2O3S. The number of carbonyl (C=O) groups is 2. The molecule has 0 heterocycles. The number of carboxylic acid groups (broad SMARTS) is 1. The molecular weight excluding hydrogens is 288 g/mol. The van der Waals surface area contributed by atoms with E-state index >= 15 is 0 Å². The Morgan fingerprint density at radius 3 is 2.67 bits per heavy atom. The lowest BCUT2D eigenvalue weighted by molar-refractivity contribution is -0.138. The van der Waals surface area contributed by atoms with E-state index in [4.69, 9.17) is 10.4 Å². The third-order valence-corrected chi connectivity index (χ3v) is 3.95. The van der Waals surface area contributed by atoms with Crippen molar-refractivity contribution in [1.29, 1.82) is 5.26 Å². The highest BCUT2D eigenvalue weighted by molar-refractivity contribution is 7.99. The molecule has 0 aromatic heterocycles. The van der Waals surface area contributed by atoms with Crippen LogP contribution in [0, 0.1) is 11.3 Å². The zero-order valence-corrected chi connectivity index (χ0v) is 12.9. The molecule has 1 amide bonds. The molecule has 0 saturated carbocycles. The smallest absolute Gasteiger partial charge is 0.305 e. The SMILES string of the molecule is CCN(C(=O)c1ccccc1SCC#N)C(C)CC(=O)O. The molecule has 1 aromatic carbocycles. The average Bonchev–Trinajstić information content (AvgIpc) is 2.45. The maximum Gasteiger partial charge on any atom is 0.305 e. The molecule has 21 heavy (non-hydrogen) atoms. The van der Waals surface area contributed by atoms with Gasteiger partial charge in [0.15, 0.2) is 0 Å². The molecule has 112 valence electrons. The van der Waals surface area contributed by atoms with Crippen molar-refractivity contribution in [1.82, 2.24) is 4.90 Å². The number of carboxylic acids is 1. The average molecular weight is 306 g/mol. The first-order chi connectivity index (χ1) is 10.0. The van der Waals surface area contributed by atoms with Crippen molar-refractivity contribution in [3.63, 3.8) is 0 Å². The number of nitriles is 1. The van der Waals surface area contributed by atoms with E-state index in [1.807, 2.05) is 19.1 Å². The van der Waals surface area contributed by atoms with Crippen LogP contribution < -0.4 is 0 Å². The zero-order chi connectivity index (χ0) is 15.8. The van der Waals surface area contributed by atoms with Crippen LogP contribution in [0.2, 0.25) is 0 Å². The quantitative estimate of drug-likeness (QED) is 0.783. The van der Waals surface area contributed by atoms with E-state index in [9.17, 15) is 9.59 Å². The van der Waals surface area contributed by atoms with E-state index in [-0.39, 0.29) is 24.1 Å². The minimum atomic E-state index is -0.930. The molecule has 5 nitrogen and oxygen atoms in total. The van der Waals surface area contributed by atoms with Crippen LogP contribution in [0.4, 0.5) is 0 Å². The van der Waals surface area contributed by atoms with Crippen molar-refractivity contribution in [2.24, 2.45) is 0 Å². The Hall–Kier alpha value is -2.00. The summed E-state index contributed by atoms with van der Waals surface area (Å²) in [6.45, 7) is 3.98. The van der Waals surface area contributed by atoms with Crippen molar-refractivity contribution in [2.75, 3.05) is 12.3 Å². The highest BCUT2D eigenvalue weighted by atomic mass is 32.2. The van der Waals surface area contributed by atoms with E-state index in [0.717, 1.165) is 4.90 Å². The third-order valence-electron chi connectivity index (χ3n) is 3.01. The van der Waals surface area contributed by atoms with Crippen molar-refractivity contribution in [3.8, 4) is 6.07 Å². The Balaban J connectivity index is 3.00. The number of carbonyl (C=O) groups excluding carboxylic acids is 1. The van der Waals surface area contributed by atoms with Gasteiger partial charge in [-0.05, 0) is 26.0 Å². The summed E-state index contributed by atoms with van der Waals surface area (Å²) in [5, 5.41) is 17.5. The first-order valence-corrected chi connectivity index (χ1v) is 7.61. The number of benzene rings is 1. The molecule has 0 radical (unpaired) electrons. The topological polar surface area (TPSA) is 81.4 Å². The molecule has 0 aliphatic rings. The van der Waals surface area contributed by atoms with Crippen LogP contribution in [0.5, 0.6) is 0 Å². The molecule has 1 rings (SSSR count). The van der Waals surface area contributed by atoms with Gasteiger partial charge in [-0.3, -0.25) is 9.59 Å². The summed E-state index contributed by atoms with van der Waals surface area (Å²) in [5.41, 5.74) is 0.511. The van der Waals surface area contributed by atoms with Crippen molar-refractivity contribution in [2.45, 2.75) is 31.2 Å². The lowest BCUT2D eigenvalue weighted by atomic mass is 10.1. The van der Waals surface area contributed by atoms with Crippen LogP contribution >= 0.6 is 11.8 Å². The number of hydrogen-bond acceptors (Lipinski definition) is 4. The van der Waals surface area contributed by atoms with Gasteiger partial charge in [-0.1, -0.05) is 12.1 Å². The largest absolute Gasteiger partial charge is 0.481 e. The highest BCUT2D eigenvalue weighted by Crippen LogP contribution is 2.24.